The first-order valence-electron chi connectivity index (χ1n) is 12.1. The molecule has 37 heavy (non-hydrogen) atoms. The van der Waals surface area contributed by atoms with E-state index in [1.165, 1.54) is 13.2 Å². The van der Waals surface area contributed by atoms with Crippen molar-refractivity contribution in [3.63, 3.8) is 0 Å². The number of methoxy groups -OCH3 is 2. The van der Waals surface area contributed by atoms with Crippen LogP contribution in [0.2, 0.25) is 0 Å². The highest BCUT2D eigenvalue weighted by Gasteiger charge is 2.37. The van der Waals surface area contributed by atoms with E-state index in [2.05, 4.69) is 0 Å². The van der Waals surface area contributed by atoms with E-state index < -0.39 is 11.7 Å². The van der Waals surface area contributed by atoms with E-state index in [1.54, 1.807) is 43.5 Å². The SMILES string of the molecule is COC(=O)CC1COc2cc(OC3CCc4c3ccc(C(F)(F)F)c4Cc3ccc(OC)cc3)ccc21. The molecule has 5 nitrogen and oxygen atoms in total. The minimum atomic E-state index is -4.45. The van der Waals surface area contributed by atoms with Crippen molar-refractivity contribution in [1.82, 2.24) is 0 Å². The number of rotatable bonds is 7. The lowest BCUT2D eigenvalue weighted by Crippen LogP contribution is -2.13. The summed E-state index contributed by atoms with van der Waals surface area (Å²) in [6.07, 6.45) is -3.33. The number of fused-ring (bicyclic) bond motifs is 2. The molecule has 0 aromatic heterocycles. The van der Waals surface area contributed by atoms with Gasteiger partial charge >= 0.3 is 12.1 Å². The van der Waals surface area contributed by atoms with Crippen molar-refractivity contribution < 1.29 is 36.9 Å². The summed E-state index contributed by atoms with van der Waals surface area (Å²) in [7, 11) is 2.91. The number of carbonyl (C=O) groups excluding carboxylic acids is 1. The molecule has 3 aromatic carbocycles. The van der Waals surface area contributed by atoms with Crippen LogP contribution < -0.4 is 14.2 Å². The topological polar surface area (TPSA) is 54.0 Å². The molecular weight excluding hydrogens is 485 g/mol. The summed E-state index contributed by atoms with van der Waals surface area (Å²) in [5.41, 5.74) is 2.87. The van der Waals surface area contributed by atoms with E-state index in [0.29, 0.717) is 47.8 Å². The molecule has 0 N–H and O–H groups in total. The van der Waals surface area contributed by atoms with Gasteiger partial charge in [-0.3, -0.25) is 4.79 Å². The van der Waals surface area contributed by atoms with Crippen LogP contribution in [0.1, 0.15) is 58.2 Å². The fourth-order valence-electron chi connectivity index (χ4n) is 5.22. The van der Waals surface area contributed by atoms with Crippen LogP contribution in [0, 0.1) is 0 Å². The van der Waals surface area contributed by atoms with Crippen LogP contribution in [0.3, 0.4) is 0 Å². The van der Waals surface area contributed by atoms with Crippen LogP contribution in [0.4, 0.5) is 13.2 Å². The van der Waals surface area contributed by atoms with Gasteiger partial charge in [0.25, 0.3) is 0 Å². The van der Waals surface area contributed by atoms with Crippen LogP contribution in [0.15, 0.2) is 54.6 Å². The van der Waals surface area contributed by atoms with Crippen molar-refractivity contribution in [1.29, 1.82) is 0 Å². The molecule has 1 aliphatic heterocycles. The number of benzene rings is 3. The van der Waals surface area contributed by atoms with E-state index in [4.69, 9.17) is 18.9 Å². The molecule has 194 valence electrons. The van der Waals surface area contributed by atoms with Gasteiger partial charge in [0, 0.05) is 17.5 Å². The average molecular weight is 513 g/mol. The minimum absolute atomic E-state index is 0.0787. The third-order valence-corrected chi connectivity index (χ3v) is 7.10. The Morgan fingerprint density at radius 2 is 1.73 bits per heavy atom. The van der Waals surface area contributed by atoms with Crippen LogP contribution in [0.5, 0.6) is 17.2 Å². The summed E-state index contributed by atoms with van der Waals surface area (Å²) in [5.74, 6) is 1.50. The van der Waals surface area contributed by atoms with Crippen molar-refractivity contribution in [2.75, 3.05) is 20.8 Å². The van der Waals surface area contributed by atoms with Crippen LogP contribution in [-0.4, -0.2) is 26.8 Å². The molecule has 1 heterocycles. The zero-order chi connectivity index (χ0) is 26.2. The number of hydrogen-bond acceptors (Lipinski definition) is 5. The molecule has 5 rings (SSSR count). The number of halogens is 3. The maximum Gasteiger partial charge on any atom is 0.416 e. The number of esters is 1. The van der Waals surface area contributed by atoms with Crippen molar-refractivity contribution in [3.8, 4) is 17.2 Å². The smallest absolute Gasteiger partial charge is 0.416 e. The fourth-order valence-corrected chi connectivity index (χ4v) is 5.22. The monoisotopic (exact) mass is 512 g/mol. The largest absolute Gasteiger partial charge is 0.497 e. The van der Waals surface area contributed by atoms with Gasteiger partial charge in [0.15, 0.2) is 0 Å². The Balaban J connectivity index is 1.40. The van der Waals surface area contributed by atoms with E-state index in [9.17, 15) is 18.0 Å². The Morgan fingerprint density at radius 1 is 1.00 bits per heavy atom. The molecule has 3 aromatic rings. The predicted octanol–water partition coefficient (Wildman–Crippen LogP) is 6.41. The number of ether oxygens (including phenoxy) is 4. The van der Waals surface area contributed by atoms with Crippen LogP contribution in [-0.2, 0) is 28.5 Å². The quantitative estimate of drug-likeness (QED) is 0.343. The first kappa shape index (κ1) is 25.0. The molecule has 0 bridgehead atoms. The molecular formula is C29H27F3O5. The maximum atomic E-state index is 13.9. The summed E-state index contributed by atoms with van der Waals surface area (Å²) < 4.78 is 63.8. The highest BCUT2D eigenvalue weighted by atomic mass is 19.4. The lowest BCUT2D eigenvalue weighted by Gasteiger charge is -2.20. The average Bonchev–Trinajstić information content (AvgIpc) is 3.48. The zero-order valence-corrected chi connectivity index (χ0v) is 20.6. The van der Waals surface area contributed by atoms with E-state index in [-0.39, 0.29) is 30.8 Å². The summed E-state index contributed by atoms with van der Waals surface area (Å²) >= 11 is 0. The van der Waals surface area contributed by atoms with Gasteiger partial charge in [-0.25, -0.2) is 0 Å². The fraction of sp³-hybridized carbons (Fsp3) is 0.345. The second-order valence-electron chi connectivity index (χ2n) is 9.32. The van der Waals surface area contributed by atoms with Crippen molar-refractivity contribution >= 4 is 5.97 Å². The van der Waals surface area contributed by atoms with Gasteiger partial charge in [-0.15, -0.1) is 0 Å². The molecule has 2 unspecified atom stereocenters. The second-order valence-corrected chi connectivity index (χ2v) is 9.32. The van der Waals surface area contributed by atoms with E-state index in [1.807, 2.05) is 12.1 Å². The molecule has 0 saturated carbocycles. The van der Waals surface area contributed by atoms with Gasteiger partial charge in [0.1, 0.15) is 23.4 Å². The molecule has 0 amide bonds. The van der Waals surface area contributed by atoms with Gasteiger partial charge < -0.3 is 18.9 Å². The first-order chi connectivity index (χ1) is 17.8. The molecule has 1 aliphatic carbocycles. The Bertz CT molecular complexity index is 1300. The molecule has 0 saturated heterocycles. The molecule has 2 atom stereocenters. The number of alkyl halides is 3. The highest BCUT2D eigenvalue weighted by molar-refractivity contribution is 5.71. The summed E-state index contributed by atoms with van der Waals surface area (Å²) in [6, 6.07) is 15.3. The van der Waals surface area contributed by atoms with Gasteiger partial charge in [-0.1, -0.05) is 24.3 Å². The third kappa shape index (κ3) is 5.10. The van der Waals surface area contributed by atoms with Gasteiger partial charge in [-0.2, -0.15) is 13.2 Å². The minimum Gasteiger partial charge on any atom is -0.497 e. The Kier molecular flexibility index (Phi) is 6.75. The Morgan fingerprint density at radius 3 is 2.43 bits per heavy atom. The van der Waals surface area contributed by atoms with Gasteiger partial charge in [0.05, 0.1) is 32.8 Å². The summed E-state index contributed by atoms with van der Waals surface area (Å²) in [6.45, 7) is 0.384. The Labute approximate surface area is 213 Å². The van der Waals surface area contributed by atoms with Gasteiger partial charge in [-0.05, 0) is 65.8 Å². The van der Waals surface area contributed by atoms with Crippen molar-refractivity contribution in [3.05, 3.63) is 88.0 Å². The van der Waals surface area contributed by atoms with Crippen molar-refractivity contribution in [2.45, 2.75) is 43.9 Å². The lowest BCUT2D eigenvalue weighted by atomic mass is 9.92. The third-order valence-electron chi connectivity index (χ3n) is 7.10. The Hall–Kier alpha value is -3.68. The molecule has 0 radical (unpaired) electrons. The standard InChI is InChI=1S/C29H27F3O5/c1-34-19-5-3-17(4-6-19)13-24-22-10-12-26(23(22)9-11-25(24)29(30,31)32)37-20-7-8-21-18(14-28(33)35-2)16-36-27(21)15-20/h3-9,11,15,18,26H,10,12-14,16H2,1-2H3. The second kappa shape index (κ2) is 10.00. The van der Waals surface area contributed by atoms with Crippen LogP contribution in [0.25, 0.3) is 0 Å². The zero-order valence-electron chi connectivity index (χ0n) is 20.6. The summed E-state index contributed by atoms with van der Waals surface area (Å²) in [4.78, 5) is 11.7. The molecule has 2 aliphatic rings. The normalized spacial score (nSPS) is 18.1. The van der Waals surface area contributed by atoms with Crippen molar-refractivity contribution in [2.24, 2.45) is 0 Å². The van der Waals surface area contributed by atoms with Crippen LogP contribution >= 0.6 is 0 Å². The summed E-state index contributed by atoms with van der Waals surface area (Å²) in [5, 5.41) is 0. The predicted molar refractivity (Wildman–Crippen MR) is 130 cm³/mol. The highest BCUT2D eigenvalue weighted by Crippen LogP contribution is 2.44. The van der Waals surface area contributed by atoms with E-state index >= 15 is 0 Å². The van der Waals surface area contributed by atoms with Gasteiger partial charge in [0.2, 0.25) is 0 Å². The number of hydrogen-bond donors (Lipinski definition) is 0. The first-order valence-corrected chi connectivity index (χ1v) is 12.1. The van der Waals surface area contributed by atoms with E-state index in [0.717, 1.165) is 16.7 Å². The molecule has 0 fully saturated rings. The molecule has 8 heteroatoms. The number of carbonyl (C=O) groups is 1. The maximum absolute atomic E-state index is 13.9. The molecule has 0 spiro atoms. The lowest BCUT2D eigenvalue weighted by molar-refractivity contribution is -0.141.